The Morgan fingerprint density at radius 3 is 2.28 bits per heavy atom. The van der Waals surface area contributed by atoms with Crippen molar-refractivity contribution in [1.29, 1.82) is 0 Å². The Hall–Kier alpha value is -1.85. The van der Waals surface area contributed by atoms with Crippen LogP contribution in [0.2, 0.25) is 0 Å². The van der Waals surface area contributed by atoms with Crippen molar-refractivity contribution in [3.8, 4) is 28.1 Å². The molecule has 0 radical (unpaired) electrons. The first-order chi connectivity index (χ1) is 15.5. The molecule has 2 aromatic carbocycles. The van der Waals surface area contributed by atoms with Crippen LogP contribution < -0.4 is 10.2 Å². The second-order valence-corrected chi connectivity index (χ2v) is 12.4. The summed E-state index contributed by atoms with van der Waals surface area (Å²) in [7, 11) is 2.03. The maximum absolute atomic E-state index is 13.2. The number of nitrogens with zero attached hydrogens (tertiary/aromatic N) is 1. The second kappa shape index (κ2) is 9.18. The fraction of sp³-hybridized carbons (Fsp3) is 0.370. The molecule has 0 bridgehead atoms. The molecule has 1 aromatic heterocycles. The Bertz CT molecular complexity index is 1160. The average Bonchev–Trinajstić information content (AvgIpc) is 3.67. The van der Waals surface area contributed by atoms with Gasteiger partial charge in [0.2, 0.25) is 0 Å². The molecule has 2 fully saturated rings. The van der Waals surface area contributed by atoms with Gasteiger partial charge in [0, 0.05) is 25.7 Å². The van der Waals surface area contributed by atoms with Gasteiger partial charge in [-0.15, -0.1) is 0 Å². The zero-order chi connectivity index (χ0) is 22.2. The summed E-state index contributed by atoms with van der Waals surface area (Å²) < 4.78 is 8.26. The standard InChI is InChI=1S/C27H27Br2NO2/c1-30-11-9-24(31)26(19-3-2-4-23(16-19)32-12-10-25(28)29)27(30)22-14-20(17-5-6-17)13-21(15-22)18-7-8-18/h2-4,9,11,13-18,25H,5-8,10,12H2,1H3. The number of aromatic nitrogens is 1. The van der Waals surface area contributed by atoms with Crippen LogP contribution in [-0.2, 0) is 7.05 Å². The van der Waals surface area contributed by atoms with Crippen LogP contribution in [0.25, 0.3) is 22.4 Å². The summed E-state index contributed by atoms with van der Waals surface area (Å²) in [6.45, 7) is 0.596. The second-order valence-electron chi connectivity index (χ2n) is 9.01. The molecule has 0 saturated heterocycles. The number of hydrogen-bond acceptors (Lipinski definition) is 2. The third-order valence-electron chi connectivity index (χ3n) is 6.36. The van der Waals surface area contributed by atoms with E-state index in [0.29, 0.717) is 18.4 Å². The first-order valence-corrected chi connectivity index (χ1v) is 13.2. The fourth-order valence-electron chi connectivity index (χ4n) is 4.38. The summed E-state index contributed by atoms with van der Waals surface area (Å²) >= 11 is 6.97. The van der Waals surface area contributed by atoms with Crippen molar-refractivity contribution in [3.05, 3.63) is 76.1 Å². The van der Waals surface area contributed by atoms with Gasteiger partial charge in [-0.2, -0.15) is 0 Å². The van der Waals surface area contributed by atoms with Crippen LogP contribution in [-0.4, -0.2) is 14.9 Å². The van der Waals surface area contributed by atoms with Crippen LogP contribution in [0.1, 0.15) is 55.1 Å². The fourth-order valence-corrected chi connectivity index (χ4v) is 4.76. The van der Waals surface area contributed by atoms with E-state index in [1.807, 2.05) is 37.5 Å². The molecular weight excluding hydrogens is 530 g/mol. The minimum Gasteiger partial charge on any atom is -0.494 e. The zero-order valence-electron chi connectivity index (χ0n) is 18.2. The number of halogens is 2. The minimum absolute atomic E-state index is 0.0426. The predicted octanol–water partition coefficient (Wildman–Crippen LogP) is 7.36. The largest absolute Gasteiger partial charge is 0.494 e. The summed E-state index contributed by atoms with van der Waals surface area (Å²) in [6, 6.07) is 16.6. The molecule has 0 aliphatic heterocycles. The highest BCUT2D eigenvalue weighted by atomic mass is 79.9. The molecule has 3 aromatic rings. The Morgan fingerprint density at radius 1 is 0.969 bits per heavy atom. The van der Waals surface area contributed by atoms with E-state index in [1.165, 1.54) is 36.8 Å². The van der Waals surface area contributed by atoms with Crippen LogP contribution in [0.5, 0.6) is 5.75 Å². The summed E-state index contributed by atoms with van der Waals surface area (Å²) in [5.74, 6) is 2.15. The molecule has 2 aliphatic rings. The van der Waals surface area contributed by atoms with Gasteiger partial charge in [-0.25, -0.2) is 0 Å². The van der Waals surface area contributed by atoms with Crippen molar-refractivity contribution >= 4 is 31.9 Å². The summed E-state index contributed by atoms with van der Waals surface area (Å²) in [4.78, 5) is 13.2. The summed E-state index contributed by atoms with van der Waals surface area (Å²) in [6.07, 6.45) is 7.83. The molecular formula is C27H27Br2NO2. The van der Waals surface area contributed by atoms with Crippen molar-refractivity contribution in [2.24, 2.45) is 7.05 Å². The van der Waals surface area contributed by atoms with E-state index in [4.69, 9.17) is 4.74 Å². The lowest BCUT2D eigenvalue weighted by atomic mass is 9.93. The first-order valence-electron chi connectivity index (χ1n) is 11.4. The van der Waals surface area contributed by atoms with E-state index in [-0.39, 0.29) is 9.17 Å². The van der Waals surface area contributed by atoms with Gasteiger partial charge in [0.15, 0.2) is 5.43 Å². The Kier molecular flexibility index (Phi) is 6.31. The van der Waals surface area contributed by atoms with Gasteiger partial charge >= 0.3 is 0 Å². The van der Waals surface area contributed by atoms with Crippen LogP contribution in [0.15, 0.2) is 59.5 Å². The van der Waals surface area contributed by atoms with Crippen LogP contribution >= 0.6 is 31.9 Å². The third-order valence-corrected chi connectivity index (χ3v) is 7.28. The molecule has 32 heavy (non-hydrogen) atoms. The monoisotopic (exact) mass is 555 g/mol. The molecule has 0 amide bonds. The van der Waals surface area contributed by atoms with E-state index in [2.05, 4.69) is 54.6 Å². The average molecular weight is 557 g/mol. The minimum atomic E-state index is 0.0426. The number of benzene rings is 2. The Balaban J connectivity index is 1.59. The molecule has 0 N–H and O–H groups in total. The third kappa shape index (κ3) is 4.89. The van der Waals surface area contributed by atoms with Crippen molar-refractivity contribution < 1.29 is 4.74 Å². The Morgan fingerprint density at radius 2 is 1.66 bits per heavy atom. The smallest absolute Gasteiger partial charge is 0.190 e. The number of ether oxygens (including phenoxy) is 1. The maximum atomic E-state index is 13.2. The van der Waals surface area contributed by atoms with Crippen molar-refractivity contribution in [1.82, 2.24) is 4.57 Å². The van der Waals surface area contributed by atoms with Crippen molar-refractivity contribution in [2.75, 3.05) is 6.61 Å². The number of pyridine rings is 1. The van der Waals surface area contributed by atoms with E-state index >= 15 is 0 Å². The summed E-state index contributed by atoms with van der Waals surface area (Å²) in [5, 5.41) is 0. The van der Waals surface area contributed by atoms with E-state index in [1.54, 1.807) is 6.07 Å². The van der Waals surface area contributed by atoms with Gasteiger partial charge < -0.3 is 9.30 Å². The molecule has 0 atom stereocenters. The number of alkyl halides is 2. The highest BCUT2D eigenvalue weighted by molar-refractivity contribution is 9.24. The lowest BCUT2D eigenvalue weighted by molar-refractivity contribution is 0.317. The lowest BCUT2D eigenvalue weighted by Gasteiger charge is -2.17. The highest BCUT2D eigenvalue weighted by Crippen LogP contribution is 2.47. The molecule has 166 valence electrons. The van der Waals surface area contributed by atoms with E-state index in [0.717, 1.165) is 34.6 Å². The molecule has 2 saturated carbocycles. The van der Waals surface area contributed by atoms with Crippen LogP contribution in [0.4, 0.5) is 0 Å². The van der Waals surface area contributed by atoms with Gasteiger partial charge in [-0.05, 0) is 84.0 Å². The SMILES string of the molecule is Cn1ccc(=O)c(-c2cccc(OCCC(Br)Br)c2)c1-c1cc(C2CC2)cc(C2CC2)c1. The number of hydrogen-bond donors (Lipinski definition) is 0. The van der Waals surface area contributed by atoms with Crippen molar-refractivity contribution in [2.45, 2.75) is 47.7 Å². The van der Waals surface area contributed by atoms with Crippen molar-refractivity contribution in [3.63, 3.8) is 0 Å². The molecule has 3 nitrogen and oxygen atoms in total. The number of aryl methyl sites for hydroxylation is 1. The quantitative estimate of drug-likeness (QED) is 0.271. The molecule has 2 aliphatic carbocycles. The maximum Gasteiger partial charge on any atom is 0.190 e. The van der Waals surface area contributed by atoms with Gasteiger partial charge in [0.1, 0.15) is 5.75 Å². The first kappa shape index (κ1) is 22.0. The molecule has 5 rings (SSSR count). The van der Waals surface area contributed by atoms with E-state index in [9.17, 15) is 4.79 Å². The highest BCUT2D eigenvalue weighted by Gasteiger charge is 2.29. The van der Waals surface area contributed by atoms with Gasteiger partial charge in [0.25, 0.3) is 0 Å². The van der Waals surface area contributed by atoms with Crippen LogP contribution in [0.3, 0.4) is 0 Å². The van der Waals surface area contributed by atoms with E-state index < -0.39 is 0 Å². The molecule has 0 unspecified atom stereocenters. The predicted molar refractivity (Wildman–Crippen MR) is 138 cm³/mol. The Labute approximate surface area is 206 Å². The van der Waals surface area contributed by atoms with Gasteiger partial charge in [0.05, 0.1) is 21.6 Å². The zero-order valence-corrected chi connectivity index (χ0v) is 21.4. The molecule has 5 heteroatoms. The normalized spacial score (nSPS) is 15.9. The number of rotatable bonds is 8. The van der Waals surface area contributed by atoms with Crippen LogP contribution in [0, 0.1) is 0 Å². The molecule has 0 spiro atoms. The van der Waals surface area contributed by atoms with Gasteiger partial charge in [-0.3, -0.25) is 4.79 Å². The topological polar surface area (TPSA) is 31.2 Å². The molecule has 1 heterocycles. The lowest BCUT2D eigenvalue weighted by Crippen LogP contribution is -2.11. The van der Waals surface area contributed by atoms with Gasteiger partial charge in [-0.1, -0.05) is 50.1 Å². The summed E-state index contributed by atoms with van der Waals surface area (Å²) in [5.41, 5.74) is 6.69.